The minimum Gasteiger partial charge on any atom is -0.496 e. The van der Waals surface area contributed by atoms with E-state index in [4.69, 9.17) is 15.4 Å². The first-order valence-electron chi connectivity index (χ1n) is 6.66. The standard InChI is InChI=1S/C14H20ClNO4S/c1-4-10(2)9-16-14(17)8-11-7-12(21(15,18)19)5-6-13(11)20-3/h5-7,10H,4,8-9H2,1-3H3,(H,16,17). The molecule has 0 radical (unpaired) electrons. The Kier molecular flexibility index (Phi) is 6.48. The van der Waals surface area contributed by atoms with Crippen molar-refractivity contribution in [2.24, 2.45) is 5.92 Å². The van der Waals surface area contributed by atoms with Crippen molar-refractivity contribution in [2.45, 2.75) is 31.6 Å². The SMILES string of the molecule is CCC(C)CNC(=O)Cc1cc(S(=O)(=O)Cl)ccc1OC. The maximum absolute atomic E-state index is 11.9. The third-order valence-electron chi connectivity index (χ3n) is 3.23. The molecule has 0 bridgehead atoms. The van der Waals surface area contributed by atoms with Crippen LogP contribution in [-0.2, 0) is 20.3 Å². The van der Waals surface area contributed by atoms with Crippen LogP contribution in [-0.4, -0.2) is 28.0 Å². The quantitative estimate of drug-likeness (QED) is 0.777. The third-order valence-corrected chi connectivity index (χ3v) is 4.58. The van der Waals surface area contributed by atoms with Crippen molar-refractivity contribution in [1.82, 2.24) is 5.32 Å². The van der Waals surface area contributed by atoms with Gasteiger partial charge in [0, 0.05) is 22.8 Å². The highest BCUT2D eigenvalue weighted by Gasteiger charge is 2.15. The number of carbonyl (C=O) groups excluding carboxylic acids is 1. The van der Waals surface area contributed by atoms with E-state index >= 15 is 0 Å². The summed E-state index contributed by atoms with van der Waals surface area (Å²) in [6.07, 6.45) is 1.02. The average molecular weight is 334 g/mol. The summed E-state index contributed by atoms with van der Waals surface area (Å²) in [6.45, 7) is 4.68. The van der Waals surface area contributed by atoms with E-state index in [0.717, 1.165) is 6.42 Å². The van der Waals surface area contributed by atoms with Crippen LogP contribution in [0.1, 0.15) is 25.8 Å². The van der Waals surface area contributed by atoms with Crippen LogP contribution >= 0.6 is 10.7 Å². The topological polar surface area (TPSA) is 72.5 Å². The van der Waals surface area contributed by atoms with Crippen LogP contribution in [0, 0.1) is 5.92 Å². The van der Waals surface area contributed by atoms with Gasteiger partial charge in [0.15, 0.2) is 0 Å². The Morgan fingerprint density at radius 3 is 2.62 bits per heavy atom. The molecule has 1 amide bonds. The van der Waals surface area contributed by atoms with Crippen molar-refractivity contribution < 1.29 is 17.9 Å². The van der Waals surface area contributed by atoms with Crippen LogP contribution < -0.4 is 10.1 Å². The van der Waals surface area contributed by atoms with Crippen molar-refractivity contribution in [2.75, 3.05) is 13.7 Å². The van der Waals surface area contributed by atoms with Gasteiger partial charge < -0.3 is 10.1 Å². The molecule has 0 fully saturated rings. The zero-order valence-electron chi connectivity index (χ0n) is 12.3. The van der Waals surface area contributed by atoms with E-state index in [1.165, 1.54) is 25.3 Å². The first-order valence-corrected chi connectivity index (χ1v) is 8.97. The predicted octanol–water partition coefficient (Wildman–Crippen LogP) is 2.33. The Morgan fingerprint density at radius 1 is 1.43 bits per heavy atom. The number of hydrogen-bond donors (Lipinski definition) is 1. The molecule has 0 aromatic heterocycles. The van der Waals surface area contributed by atoms with E-state index in [9.17, 15) is 13.2 Å². The van der Waals surface area contributed by atoms with E-state index in [2.05, 4.69) is 12.2 Å². The summed E-state index contributed by atoms with van der Waals surface area (Å²) >= 11 is 0. The molecule has 0 heterocycles. The summed E-state index contributed by atoms with van der Waals surface area (Å²) in [6, 6.07) is 4.21. The number of hydrogen-bond acceptors (Lipinski definition) is 4. The summed E-state index contributed by atoms with van der Waals surface area (Å²) in [5, 5.41) is 2.81. The molecule has 0 saturated carbocycles. The Morgan fingerprint density at radius 2 is 2.10 bits per heavy atom. The van der Waals surface area contributed by atoms with Crippen molar-refractivity contribution in [3.05, 3.63) is 23.8 Å². The normalized spacial score (nSPS) is 12.8. The van der Waals surface area contributed by atoms with Gasteiger partial charge in [0.05, 0.1) is 18.4 Å². The summed E-state index contributed by atoms with van der Waals surface area (Å²) in [5.74, 6) is 0.667. The number of methoxy groups -OCH3 is 1. The molecule has 5 nitrogen and oxygen atoms in total. The van der Waals surface area contributed by atoms with Crippen molar-refractivity contribution in [3.8, 4) is 5.75 Å². The number of amides is 1. The maximum Gasteiger partial charge on any atom is 0.261 e. The Hall–Kier alpha value is -1.27. The summed E-state index contributed by atoms with van der Waals surface area (Å²) in [5.41, 5.74) is 0.487. The van der Waals surface area contributed by atoms with Gasteiger partial charge >= 0.3 is 0 Å². The van der Waals surface area contributed by atoms with E-state index in [1.54, 1.807) is 0 Å². The van der Waals surface area contributed by atoms with Crippen LogP contribution in [0.2, 0.25) is 0 Å². The van der Waals surface area contributed by atoms with Gasteiger partial charge in [-0.2, -0.15) is 0 Å². The first kappa shape index (κ1) is 17.8. The van der Waals surface area contributed by atoms with Gasteiger partial charge in [-0.05, 0) is 24.1 Å². The minimum atomic E-state index is -3.83. The maximum atomic E-state index is 11.9. The lowest BCUT2D eigenvalue weighted by Crippen LogP contribution is -2.29. The van der Waals surface area contributed by atoms with Crippen LogP contribution in [0.5, 0.6) is 5.75 Å². The zero-order chi connectivity index (χ0) is 16.0. The molecule has 0 aliphatic carbocycles. The number of rotatable bonds is 7. The molecule has 0 saturated heterocycles. The molecule has 1 rings (SSSR count). The van der Waals surface area contributed by atoms with Crippen molar-refractivity contribution in [3.63, 3.8) is 0 Å². The minimum absolute atomic E-state index is 0.0415. The van der Waals surface area contributed by atoms with Gasteiger partial charge in [-0.15, -0.1) is 0 Å². The Balaban J connectivity index is 2.88. The van der Waals surface area contributed by atoms with Crippen LogP contribution in [0.15, 0.2) is 23.1 Å². The van der Waals surface area contributed by atoms with Gasteiger partial charge in [0.25, 0.3) is 9.05 Å². The fraction of sp³-hybridized carbons (Fsp3) is 0.500. The van der Waals surface area contributed by atoms with Gasteiger partial charge in [-0.1, -0.05) is 20.3 Å². The zero-order valence-corrected chi connectivity index (χ0v) is 13.9. The van der Waals surface area contributed by atoms with Gasteiger partial charge in [0.2, 0.25) is 5.91 Å². The largest absolute Gasteiger partial charge is 0.496 e. The second-order valence-electron chi connectivity index (χ2n) is 4.91. The van der Waals surface area contributed by atoms with Crippen LogP contribution in [0.4, 0.5) is 0 Å². The van der Waals surface area contributed by atoms with Gasteiger partial charge in [-0.3, -0.25) is 4.79 Å². The predicted molar refractivity (Wildman–Crippen MR) is 82.2 cm³/mol. The molecular weight excluding hydrogens is 314 g/mol. The van der Waals surface area contributed by atoms with E-state index < -0.39 is 9.05 Å². The summed E-state index contributed by atoms with van der Waals surface area (Å²) in [4.78, 5) is 11.9. The molecule has 1 aromatic carbocycles. The summed E-state index contributed by atoms with van der Waals surface area (Å²) in [7, 11) is 2.95. The van der Waals surface area contributed by atoms with Crippen LogP contribution in [0.25, 0.3) is 0 Å². The molecule has 7 heteroatoms. The highest BCUT2D eigenvalue weighted by molar-refractivity contribution is 8.13. The van der Waals surface area contributed by atoms with E-state index in [-0.39, 0.29) is 17.2 Å². The highest BCUT2D eigenvalue weighted by Crippen LogP contribution is 2.24. The monoisotopic (exact) mass is 333 g/mol. The molecule has 1 unspecified atom stereocenters. The molecule has 21 heavy (non-hydrogen) atoms. The van der Waals surface area contributed by atoms with Crippen molar-refractivity contribution in [1.29, 1.82) is 0 Å². The van der Waals surface area contributed by atoms with Gasteiger partial charge in [-0.25, -0.2) is 8.42 Å². The molecule has 1 atom stereocenters. The number of benzene rings is 1. The molecule has 0 aliphatic heterocycles. The van der Waals surface area contributed by atoms with Crippen molar-refractivity contribution >= 4 is 25.6 Å². The lowest BCUT2D eigenvalue weighted by atomic mass is 10.1. The lowest BCUT2D eigenvalue weighted by molar-refractivity contribution is -0.120. The first-order chi connectivity index (χ1) is 9.77. The summed E-state index contributed by atoms with van der Waals surface area (Å²) < 4.78 is 27.8. The third kappa shape index (κ3) is 5.55. The second-order valence-corrected chi connectivity index (χ2v) is 7.47. The number of carbonyl (C=O) groups is 1. The van der Waals surface area contributed by atoms with Crippen LogP contribution in [0.3, 0.4) is 0 Å². The fourth-order valence-corrected chi connectivity index (χ4v) is 2.51. The second kappa shape index (κ2) is 7.66. The fourth-order valence-electron chi connectivity index (χ4n) is 1.71. The number of halogens is 1. The molecule has 118 valence electrons. The average Bonchev–Trinajstić information content (AvgIpc) is 2.43. The van der Waals surface area contributed by atoms with Gasteiger partial charge in [0.1, 0.15) is 5.75 Å². The number of ether oxygens (including phenoxy) is 1. The molecular formula is C14H20ClNO4S. The Labute approximate surface area is 130 Å². The molecule has 0 aliphatic rings. The number of nitrogens with one attached hydrogen (secondary N) is 1. The molecule has 1 N–H and O–H groups in total. The highest BCUT2D eigenvalue weighted by atomic mass is 35.7. The van der Waals surface area contributed by atoms with E-state index in [0.29, 0.717) is 23.8 Å². The van der Waals surface area contributed by atoms with E-state index in [1.807, 2.05) is 6.92 Å². The Bertz CT molecular complexity index is 601. The smallest absolute Gasteiger partial charge is 0.261 e. The molecule has 0 spiro atoms. The lowest BCUT2D eigenvalue weighted by Gasteiger charge is -2.12. The molecule has 1 aromatic rings.